The van der Waals surface area contributed by atoms with Crippen molar-refractivity contribution >= 4 is 17.3 Å². The van der Waals surface area contributed by atoms with E-state index in [2.05, 4.69) is 15.1 Å². The largest absolute Gasteiger partial charge is 0.497 e. The van der Waals surface area contributed by atoms with Gasteiger partial charge in [0, 0.05) is 37.7 Å². The fraction of sp³-hybridized carbons (Fsp3) is 0.150. The maximum absolute atomic E-state index is 7.44. The lowest BCUT2D eigenvalue weighted by atomic mass is 10.1. The van der Waals surface area contributed by atoms with Gasteiger partial charge in [-0.15, -0.1) is 5.11 Å². The van der Waals surface area contributed by atoms with Crippen LogP contribution in [0, 0.1) is 5.53 Å². The SMILES string of the molecule is COc1ccc(-c2cnc(N=N)c(N(C)Cc3ccc4nccn4c3)n2)cc1. The molecule has 0 saturated carbocycles. The van der Waals surface area contributed by atoms with E-state index in [0.29, 0.717) is 18.1 Å². The Morgan fingerprint density at radius 1 is 1.14 bits per heavy atom. The van der Waals surface area contributed by atoms with Gasteiger partial charge < -0.3 is 14.0 Å². The zero-order chi connectivity index (χ0) is 19.5. The first-order valence-corrected chi connectivity index (χ1v) is 8.69. The number of fused-ring (bicyclic) bond motifs is 1. The minimum Gasteiger partial charge on any atom is -0.497 e. The molecular formula is C20H19N7O. The van der Waals surface area contributed by atoms with Gasteiger partial charge in [0.15, 0.2) is 5.82 Å². The Morgan fingerprint density at radius 3 is 2.71 bits per heavy atom. The topological polar surface area (TPSA) is 91.8 Å². The molecule has 0 aliphatic carbocycles. The van der Waals surface area contributed by atoms with Crippen LogP contribution in [-0.4, -0.2) is 33.5 Å². The summed E-state index contributed by atoms with van der Waals surface area (Å²) in [5, 5.41) is 3.54. The Kier molecular flexibility index (Phi) is 4.67. The van der Waals surface area contributed by atoms with Gasteiger partial charge in [0.25, 0.3) is 0 Å². The van der Waals surface area contributed by atoms with Gasteiger partial charge in [-0.05, 0) is 35.9 Å². The highest BCUT2D eigenvalue weighted by atomic mass is 16.5. The van der Waals surface area contributed by atoms with Crippen LogP contribution in [0.2, 0.25) is 0 Å². The molecule has 0 aliphatic heterocycles. The molecule has 4 aromatic rings. The van der Waals surface area contributed by atoms with Crippen molar-refractivity contribution in [3.63, 3.8) is 0 Å². The Balaban J connectivity index is 1.65. The molecular weight excluding hydrogens is 354 g/mol. The quantitative estimate of drug-likeness (QED) is 0.514. The summed E-state index contributed by atoms with van der Waals surface area (Å²) in [5.41, 5.74) is 11.0. The summed E-state index contributed by atoms with van der Waals surface area (Å²) in [5.74, 6) is 1.61. The van der Waals surface area contributed by atoms with Crippen LogP contribution in [0.1, 0.15) is 5.56 Å². The van der Waals surface area contributed by atoms with Crippen molar-refractivity contribution < 1.29 is 4.74 Å². The number of imidazole rings is 1. The molecule has 3 heterocycles. The second kappa shape index (κ2) is 7.43. The van der Waals surface area contributed by atoms with Crippen molar-refractivity contribution in [1.82, 2.24) is 19.4 Å². The lowest BCUT2D eigenvalue weighted by Gasteiger charge is -2.20. The third-order valence-electron chi connectivity index (χ3n) is 4.46. The average molecular weight is 373 g/mol. The molecule has 0 amide bonds. The van der Waals surface area contributed by atoms with Crippen molar-refractivity contribution in [2.45, 2.75) is 6.54 Å². The summed E-state index contributed by atoms with van der Waals surface area (Å²) in [6.45, 7) is 0.595. The van der Waals surface area contributed by atoms with E-state index in [1.165, 1.54) is 0 Å². The molecule has 8 nitrogen and oxygen atoms in total. The fourth-order valence-electron chi connectivity index (χ4n) is 3.02. The van der Waals surface area contributed by atoms with E-state index < -0.39 is 0 Å². The first kappa shape index (κ1) is 17.6. The molecule has 0 bridgehead atoms. The highest BCUT2D eigenvalue weighted by Gasteiger charge is 2.14. The van der Waals surface area contributed by atoms with Crippen molar-refractivity contribution in [3.05, 3.63) is 66.7 Å². The monoisotopic (exact) mass is 373 g/mol. The normalized spacial score (nSPS) is 10.8. The van der Waals surface area contributed by atoms with Crippen LogP contribution in [0.25, 0.3) is 16.9 Å². The van der Waals surface area contributed by atoms with Gasteiger partial charge in [-0.2, -0.15) is 0 Å². The number of aromatic nitrogens is 4. The van der Waals surface area contributed by atoms with Crippen LogP contribution in [0.15, 0.2) is 66.3 Å². The highest BCUT2D eigenvalue weighted by Crippen LogP contribution is 2.28. The predicted octanol–water partition coefficient (Wildman–Crippen LogP) is 4.10. The lowest BCUT2D eigenvalue weighted by Crippen LogP contribution is -2.18. The third kappa shape index (κ3) is 3.39. The smallest absolute Gasteiger partial charge is 0.216 e. The number of pyridine rings is 1. The molecule has 0 saturated heterocycles. The van der Waals surface area contributed by atoms with E-state index in [-0.39, 0.29) is 5.82 Å². The number of anilines is 1. The minimum atomic E-state index is 0.281. The Morgan fingerprint density at radius 2 is 1.96 bits per heavy atom. The second-order valence-corrected chi connectivity index (χ2v) is 6.33. The van der Waals surface area contributed by atoms with Crippen LogP contribution in [0.5, 0.6) is 5.75 Å². The van der Waals surface area contributed by atoms with Crippen LogP contribution < -0.4 is 9.64 Å². The minimum absolute atomic E-state index is 0.281. The van der Waals surface area contributed by atoms with Crippen molar-refractivity contribution in [2.24, 2.45) is 5.11 Å². The molecule has 3 aromatic heterocycles. The zero-order valence-corrected chi connectivity index (χ0v) is 15.6. The van der Waals surface area contributed by atoms with E-state index in [0.717, 1.165) is 22.5 Å². The number of methoxy groups -OCH3 is 1. The molecule has 0 radical (unpaired) electrons. The van der Waals surface area contributed by atoms with Gasteiger partial charge in [0.2, 0.25) is 5.82 Å². The van der Waals surface area contributed by atoms with Crippen molar-refractivity contribution in [1.29, 1.82) is 5.53 Å². The molecule has 0 spiro atoms. The summed E-state index contributed by atoms with van der Waals surface area (Å²) < 4.78 is 7.17. The molecule has 4 rings (SSSR count). The van der Waals surface area contributed by atoms with Crippen molar-refractivity contribution in [2.75, 3.05) is 19.1 Å². The standard InChI is InChI=1S/C20H19N7O/c1-26(12-14-3-8-18-22-9-10-27(18)13-14)20-19(25-21)23-11-17(24-20)15-4-6-16(28-2)7-5-15/h3-11,13,21H,12H2,1-2H3. The van der Waals surface area contributed by atoms with Crippen LogP contribution >= 0.6 is 0 Å². The molecule has 0 atom stereocenters. The third-order valence-corrected chi connectivity index (χ3v) is 4.46. The summed E-state index contributed by atoms with van der Waals surface area (Å²) in [7, 11) is 3.54. The average Bonchev–Trinajstić information content (AvgIpc) is 3.21. The summed E-state index contributed by atoms with van der Waals surface area (Å²) in [4.78, 5) is 15.2. The molecule has 28 heavy (non-hydrogen) atoms. The van der Waals surface area contributed by atoms with E-state index in [4.69, 9.17) is 15.3 Å². The number of ether oxygens (including phenoxy) is 1. The summed E-state index contributed by atoms with van der Waals surface area (Å²) >= 11 is 0. The molecule has 1 aromatic carbocycles. The summed E-state index contributed by atoms with van der Waals surface area (Å²) in [6.07, 6.45) is 7.33. The molecule has 0 unspecified atom stereocenters. The molecule has 140 valence electrons. The maximum atomic E-state index is 7.44. The number of benzene rings is 1. The van der Waals surface area contributed by atoms with E-state index in [9.17, 15) is 0 Å². The lowest BCUT2D eigenvalue weighted by molar-refractivity contribution is 0.415. The van der Waals surface area contributed by atoms with Gasteiger partial charge in [-0.1, -0.05) is 6.07 Å². The van der Waals surface area contributed by atoms with E-state index in [1.54, 1.807) is 19.5 Å². The second-order valence-electron chi connectivity index (χ2n) is 6.33. The van der Waals surface area contributed by atoms with Gasteiger partial charge in [0.1, 0.15) is 11.4 Å². The Labute approximate surface area is 162 Å². The molecule has 1 N–H and O–H groups in total. The number of hydrogen-bond acceptors (Lipinski definition) is 7. The van der Waals surface area contributed by atoms with Crippen LogP contribution in [0.3, 0.4) is 0 Å². The first-order valence-electron chi connectivity index (χ1n) is 8.69. The first-order chi connectivity index (χ1) is 13.7. The number of nitrogens with one attached hydrogen (secondary N) is 1. The molecule has 0 fully saturated rings. The molecule has 0 aliphatic rings. The summed E-state index contributed by atoms with van der Waals surface area (Å²) in [6, 6.07) is 11.6. The van der Waals surface area contributed by atoms with Crippen LogP contribution in [0.4, 0.5) is 11.6 Å². The van der Waals surface area contributed by atoms with Gasteiger partial charge in [-0.25, -0.2) is 20.5 Å². The predicted molar refractivity (Wildman–Crippen MR) is 106 cm³/mol. The molecule has 8 heteroatoms. The zero-order valence-electron chi connectivity index (χ0n) is 15.6. The van der Waals surface area contributed by atoms with Gasteiger partial charge in [0.05, 0.1) is 19.0 Å². The van der Waals surface area contributed by atoms with E-state index >= 15 is 0 Å². The number of hydrogen-bond donors (Lipinski definition) is 1. The fourth-order valence-corrected chi connectivity index (χ4v) is 3.02. The van der Waals surface area contributed by atoms with Crippen molar-refractivity contribution in [3.8, 4) is 17.0 Å². The van der Waals surface area contributed by atoms with Gasteiger partial charge >= 0.3 is 0 Å². The van der Waals surface area contributed by atoms with Crippen LogP contribution in [-0.2, 0) is 6.54 Å². The number of nitrogens with zero attached hydrogens (tertiary/aromatic N) is 6. The van der Waals surface area contributed by atoms with E-state index in [1.807, 2.05) is 65.1 Å². The highest BCUT2D eigenvalue weighted by molar-refractivity contribution is 5.66. The Hall–Kier alpha value is -3.81. The Bertz CT molecular complexity index is 1120. The van der Waals surface area contributed by atoms with Gasteiger partial charge in [-0.3, -0.25) is 0 Å². The maximum Gasteiger partial charge on any atom is 0.216 e. The number of rotatable bonds is 6.